The first-order valence-corrected chi connectivity index (χ1v) is 6.84. The predicted molar refractivity (Wildman–Crippen MR) is 78.5 cm³/mol. The lowest BCUT2D eigenvalue weighted by atomic mass is 9.75. The standard InChI is InChI=1S/C15H16BFN2O2/c1-15(2)9-20-16(21-10-15)11-3-4-13(17)12(7-11)14-8-18-5-6-19-14/h3-8H,9-10H2,1-2H3. The van der Waals surface area contributed by atoms with Crippen LogP contribution in [0.2, 0.25) is 0 Å². The molecule has 0 N–H and O–H groups in total. The molecule has 1 fully saturated rings. The minimum absolute atomic E-state index is 0.00423. The molecule has 1 aromatic carbocycles. The van der Waals surface area contributed by atoms with Crippen LogP contribution in [-0.2, 0) is 9.31 Å². The van der Waals surface area contributed by atoms with Crippen LogP contribution in [-0.4, -0.2) is 30.3 Å². The van der Waals surface area contributed by atoms with Crippen molar-refractivity contribution < 1.29 is 13.7 Å². The first-order chi connectivity index (χ1) is 10.1. The number of nitrogens with zero attached hydrogens (tertiary/aromatic N) is 2. The molecule has 3 rings (SSSR count). The smallest absolute Gasteiger partial charge is 0.407 e. The van der Waals surface area contributed by atoms with Crippen LogP contribution in [0.15, 0.2) is 36.8 Å². The topological polar surface area (TPSA) is 44.2 Å². The molecule has 108 valence electrons. The highest BCUT2D eigenvalue weighted by atomic mass is 19.1. The van der Waals surface area contributed by atoms with Gasteiger partial charge in [-0.1, -0.05) is 26.0 Å². The van der Waals surface area contributed by atoms with Gasteiger partial charge < -0.3 is 9.31 Å². The number of benzene rings is 1. The molecule has 1 aliphatic heterocycles. The van der Waals surface area contributed by atoms with Gasteiger partial charge >= 0.3 is 7.12 Å². The monoisotopic (exact) mass is 286 g/mol. The SMILES string of the molecule is CC1(C)COB(c2ccc(F)c(-c3cnccn3)c2)OC1. The first-order valence-electron chi connectivity index (χ1n) is 6.84. The van der Waals surface area contributed by atoms with Crippen LogP contribution in [0.3, 0.4) is 0 Å². The van der Waals surface area contributed by atoms with Gasteiger partial charge in [-0.15, -0.1) is 0 Å². The summed E-state index contributed by atoms with van der Waals surface area (Å²) in [6, 6.07) is 4.80. The molecule has 0 aliphatic carbocycles. The highest BCUT2D eigenvalue weighted by Crippen LogP contribution is 2.23. The highest BCUT2D eigenvalue weighted by Gasteiger charge is 2.33. The van der Waals surface area contributed by atoms with E-state index in [1.54, 1.807) is 18.3 Å². The summed E-state index contributed by atoms with van der Waals surface area (Å²) in [6.07, 6.45) is 4.63. The predicted octanol–water partition coefficient (Wildman–Crippen LogP) is 2.05. The lowest BCUT2D eigenvalue weighted by Crippen LogP contribution is -2.47. The summed E-state index contributed by atoms with van der Waals surface area (Å²) in [7, 11) is -0.464. The van der Waals surface area contributed by atoms with Gasteiger partial charge in [0, 0.05) is 36.6 Å². The Labute approximate surface area is 123 Å². The molecule has 1 aromatic heterocycles. The number of hydrogen-bond acceptors (Lipinski definition) is 4. The van der Waals surface area contributed by atoms with E-state index in [1.165, 1.54) is 18.5 Å². The van der Waals surface area contributed by atoms with Gasteiger partial charge in [-0.05, 0) is 11.5 Å². The minimum atomic E-state index is -0.464. The van der Waals surface area contributed by atoms with Crippen LogP contribution in [0.4, 0.5) is 4.39 Å². The van der Waals surface area contributed by atoms with Crippen molar-refractivity contribution in [3.63, 3.8) is 0 Å². The van der Waals surface area contributed by atoms with E-state index < -0.39 is 7.12 Å². The largest absolute Gasteiger partial charge is 0.493 e. The quantitative estimate of drug-likeness (QED) is 0.793. The summed E-state index contributed by atoms with van der Waals surface area (Å²) >= 11 is 0. The van der Waals surface area contributed by atoms with E-state index in [2.05, 4.69) is 23.8 Å². The summed E-state index contributed by atoms with van der Waals surface area (Å²) in [4.78, 5) is 8.11. The molecule has 0 unspecified atom stereocenters. The van der Waals surface area contributed by atoms with E-state index in [9.17, 15) is 4.39 Å². The third-order valence-corrected chi connectivity index (χ3v) is 3.35. The zero-order chi connectivity index (χ0) is 14.9. The molecule has 0 atom stereocenters. The summed E-state index contributed by atoms with van der Waals surface area (Å²) in [5, 5.41) is 0. The Morgan fingerprint density at radius 1 is 1.19 bits per heavy atom. The molecule has 0 radical (unpaired) electrons. The van der Waals surface area contributed by atoms with Gasteiger partial charge in [0.25, 0.3) is 0 Å². The van der Waals surface area contributed by atoms with Crippen LogP contribution >= 0.6 is 0 Å². The fourth-order valence-corrected chi connectivity index (χ4v) is 2.21. The summed E-state index contributed by atoms with van der Waals surface area (Å²) in [6.45, 7) is 5.38. The molecule has 0 bridgehead atoms. The van der Waals surface area contributed by atoms with Gasteiger partial charge in [0.1, 0.15) is 5.82 Å². The van der Waals surface area contributed by atoms with Crippen molar-refractivity contribution in [2.75, 3.05) is 13.2 Å². The fourth-order valence-electron chi connectivity index (χ4n) is 2.21. The maximum Gasteiger partial charge on any atom is 0.493 e. The Balaban J connectivity index is 1.88. The molecule has 21 heavy (non-hydrogen) atoms. The van der Waals surface area contributed by atoms with Crippen LogP contribution < -0.4 is 5.46 Å². The molecule has 6 heteroatoms. The molecule has 1 saturated heterocycles. The van der Waals surface area contributed by atoms with E-state index in [0.717, 1.165) is 5.46 Å². The molecule has 2 heterocycles. The van der Waals surface area contributed by atoms with Crippen molar-refractivity contribution in [2.45, 2.75) is 13.8 Å². The van der Waals surface area contributed by atoms with Crippen LogP contribution in [0.5, 0.6) is 0 Å². The molecular formula is C15H16BFN2O2. The highest BCUT2D eigenvalue weighted by molar-refractivity contribution is 6.61. The summed E-state index contributed by atoms with van der Waals surface area (Å²) in [5.74, 6) is -0.338. The van der Waals surface area contributed by atoms with Gasteiger partial charge in [0.05, 0.1) is 11.9 Å². The van der Waals surface area contributed by atoms with Gasteiger partial charge in [-0.3, -0.25) is 9.97 Å². The fraction of sp³-hybridized carbons (Fsp3) is 0.333. The van der Waals surface area contributed by atoms with Gasteiger partial charge in [-0.2, -0.15) is 0 Å². The summed E-state index contributed by atoms with van der Waals surface area (Å²) in [5.41, 5.74) is 1.68. The summed E-state index contributed by atoms with van der Waals surface area (Å²) < 4.78 is 25.5. The zero-order valence-electron chi connectivity index (χ0n) is 12.0. The Bertz CT molecular complexity index is 627. The second-order valence-electron chi connectivity index (χ2n) is 5.95. The third kappa shape index (κ3) is 3.11. The van der Waals surface area contributed by atoms with E-state index in [1.807, 2.05) is 0 Å². The van der Waals surface area contributed by atoms with Crippen molar-refractivity contribution in [3.8, 4) is 11.3 Å². The lowest BCUT2D eigenvalue weighted by molar-refractivity contribution is 0.0343. The van der Waals surface area contributed by atoms with Crippen molar-refractivity contribution in [1.82, 2.24) is 9.97 Å². The van der Waals surface area contributed by atoms with Crippen LogP contribution in [0.1, 0.15) is 13.8 Å². The van der Waals surface area contributed by atoms with E-state index in [0.29, 0.717) is 24.5 Å². The second-order valence-corrected chi connectivity index (χ2v) is 5.95. The molecule has 2 aromatic rings. The van der Waals surface area contributed by atoms with Crippen LogP contribution in [0.25, 0.3) is 11.3 Å². The number of aromatic nitrogens is 2. The lowest BCUT2D eigenvalue weighted by Gasteiger charge is -2.33. The molecular weight excluding hydrogens is 270 g/mol. The van der Waals surface area contributed by atoms with Gasteiger partial charge in [0.15, 0.2) is 0 Å². The Morgan fingerprint density at radius 2 is 1.95 bits per heavy atom. The third-order valence-electron chi connectivity index (χ3n) is 3.35. The number of halogens is 1. The molecule has 0 saturated carbocycles. The average molecular weight is 286 g/mol. The zero-order valence-corrected chi connectivity index (χ0v) is 12.0. The number of rotatable bonds is 2. The average Bonchev–Trinajstić information content (AvgIpc) is 2.49. The van der Waals surface area contributed by atoms with E-state index >= 15 is 0 Å². The second kappa shape index (κ2) is 5.54. The first kappa shape index (κ1) is 14.2. The molecule has 1 aliphatic rings. The Hall–Kier alpha value is -1.79. The Morgan fingerprint density at radius 3 is 2.62 bits per heavy atom. The van der Waals surface area contributed by atoms with E-state index in [-0.39, 0.29) is 11.2 Å². The maximum atomic E-state index is 14.0. The van der Waals surface area contributed by atoms with Gasteiger partial charge in [0.2, 0.25) is 0 Å². The molecule has 0 amide bonds. The van der Waals surface area contributed by atoms with Crippen LogP contribution in [0, 0.1) is 11.2 Å². The normalized spacial score (nSPS) is 17.8. The van der Waals surface area contributed by atoms with Crippen molar-refractivity contribution >= 4 is 12.6 Å². The van der Waals surface area contributed by atoms with Crippen molar-refractivity contribution in [1.29, 1.82) is 0 Å². The maximum absolute atomic E-state index is 14.0. The molecule has 4 nitrogen and oxygen atoms in total. The Kier molecular flexibility index (Phi) is 3.74. The minimum Gasteiger partial charge on any atom is -0.407 e. The molecule has 0 spiro atoms. The van der Waals surface area contributed by atoms with E-state index in [4.69, 9.17) is 9.31 Å². The van der Waals surface area contributed by atoms with Gasteiger partial charge in [-0.25, -0.2) is 4.39 Å². The number of hydrogen-bond donors (Lipinski definition) is 0. The van der Waals surface area contributed by atoms with Crippen molar-refractivity contribution in [2.24, 2.45) is 5.41 Å². The van der Waals surface area contributed by atoms with Crippen molar-refractivity contribution in [3.05, 3.63) is 42.6 Å².